The number of rotatable bonds is 4. The minimum atomic E-state index is -1.59. The quantitative estimate of drug-likeness (QED) is 0.837. The molecule has 0 radical (unpaired) electrons. The standard InChI is InChI=1S/C14H13BF2O3/c1-2-20-12-8-7-11(13(16)14(12)17)9-3-5-10(6-4-9)15(18)19/h3-8,18-19H,2H2,1H3. The summed E-state index contributed by atoms with van der Waals surface area (Å²) in [4.78, 5) is 0. The molecule has 0 unspecified atom stereocenters. The average molecular weight is 278 g/mol. The summed E-state index contributed by atoms with van der Waals surface area (Å²) in [6, 6.07) is 8.65. The van der Waals surface area contributed by atoms with Crippen LogP contribution in [0.25, 0.3) is 11.1 Å². The summed E-state index contributed by atoms with van der Waals surface area (Å²) < 4.78 is 32.7. The van der Waals surface area contributed by atoms with Crippen LogP contribution in [-0.2, 0) is 0 Å². The van der Waals surface area contributed by atoms with Crippen molar-refractivity contribution in [2.75, 3.05) is 6.61 Å². The first-order valence-electron chi connectivity index (χ1n) is 6.11. The Hall–Kier alpha value is -1.92. The molecule has 0 aliphatic carbocycles. The highest BCUT2D eigenvalue weighted by Gasteiger charge is 2.16. The van der Waals surface area contributed by atoms with Crippen LogP contribution in [0, 0.1) is 11.6 Å². The third-order valence-corrected chi connectivity index (χ3v) is 2.87. The summed E-state index contributed by atoms with van der Waals surface area (Å²) in [6.45, 7) is 1.93. The number of benzene rings is 2. The van der Waals surface area contributed by atoms with E-state index >= 15 is 0 Å². The largest absolute Gasteiger partial charge is 0.491 e. The molecule has 0 amide bonds. The van der Waals surface area contributed by atoms with Crippen LogP contribution in [0.3, 0.4) is 0 Å². The highest BCUT2D eigenvalue weighted by molar-refractivity contribution is 6.58. The average Bonchev–Trinajstić information content (AvgIpc) is 2.44. The molecule has 104 valence electrons. The maximum atomic E-state index is 14.0. The molecule has 0 heterocycles. The summed E-state index contributed by atoms with van der Waals surface area (Å²) in [5.74, 6) is -2.15. The third kappa shape index (κ3) is 2.81. The van der Waals surface area contributed by atoms with Gasteiger partial charge in [-0.1, -0.05) is 24.3 Å². The molecule has 0 aliphatic rings. The molecule has 2 rings (SSSR count). The van der Waals surface area contributed by atoms with Crippen LogP contribution in [-0.4, -0.2) is 23.8 Å². The van der Waals surface area contributed by atoms with E-state index in [0.29, 0.717) is 5.56 Å². The van der Waals surface area contributed by atoms with Gasteiger partial charge in [-0.2, -0.15) is 4.39 Å². The Labute approximate surface area is 115 Å². The number of hydrogen-bond donors (Lipinski definition) is 2. The first kappa shape index (κ1) is 14.5. The molecule has 0 aliphatic heterocycles. The smallest absolute Gasteiger partial charge is 0.488 e. The van der Waals surface area contributed by atoms with Crippen molar-refractivity contribution in [1.29, 1.82) is 0 Å². The second-order valence-corrected chi connectivity index (χ2v) is 4.17. The molecule has 0 bridgehead atoms. The molecule has 0 saturated carbocycles. The second-order valence-electron chi connectivity index (χ2n) is 4.17. The van der Waals surface area contributed by atoms with Gasteiger partial charge in [0.1, 0.15) is 0 Å². The van der Waals surface area contributed by atoms with Gasteiger partial charge in [0.05, 0.1) is 6.61 Å². The van der Waals surface area contributed by atoms with Gasteiger partial charge in [-0.25, -0.2) is 4.39 Å². The van der Waals surface area contributed by atoms with Gasteiger partial charge < -0.3 is 14.8 Å². The lowest BCUT2D eigenvalue weighted by atomic mass is 9.80. The zero-order valence-electron chi connectivity index (χ0n) is 10.8. The summed E-state index contributed by atoms with van der Waals surface area (Å²) in [7, 11) is -1.59. The van der Waals surface area contributed by atoms with Crippen molar-refractivity contribution >= 4 is 12.6 Å². The predicted molar refractivity (Wildman–Crippen MR) is 72.8 cm³/mol. The number of halogens is 2. The summed E-state index contributed by atoms with van der Waals surface area (Å²) in [5, 5.41) is 18.0. The topological polar surface area (TPSA) is 49.7 Å². The lowest BCUT2D eigenvalue weighted by Gasteiger charge is -2.09. The van der Waals surface area contributed by atoms with E-state index in [4.69, 9.17) is 14.8 Å². The fraction of sp³-hybridized carbons (Fsp3) is 0.143. The molecule has 2 N–H and O–H groups in total. The normalized spacial score (nSPS) is 10.4. The molecular formula is C14H13BF2O3. The molecule has 3 nitrogen and oxygen atoms in total. The Kier molecular flexibility index (Phi) is 4.37. The molecule has 2 aromatic rings. The van der Waals surface area contributed by atoms with Crippen molar-refractivity contribution in [2.45, 2.75) is 6.92 Å². The van der Waals surface area contributed by atoms with Gasteiger partial charge in [-0.15, -0.1) is 0 Å². The van der Waals surface area contributed by atoms with E-state index in [0.717, 1.165) is 0 Å². The predicted octanol–water partition coefficient (Wildman–Crippen LogP) is 1.71. The van der Waals surface area contributed by atoms with Crippen LogP contribution in [0.2, 0.25) is 0 Å². The molecule has 0 saturated heterocycles. The minimum absolute atomic E-state index is 0.0879. The zero-order valence-corrected chi connectivity index (χ0v) is 10.8. The summed E-state index contributed by atoms with van der Waals surface area (Å²) in [5.41, 5.74) is 0.805. The summed E-state index contributed by atoms with van der Waals surface area (Å²) in [6.07, 6.45) is 0. The Morgan fingerprint density at radius 3 is 2.20 bits per heavy atom. The number of hydrogen-bond acceptors (Lipinski definition) is 3. The Morgan fingerprint density at radius 1 is 1.00 bits per heavy atom. The number of ether oxygens (including phenoxy) is 1. The van der Waals surface area contributed by atoms with E-state index in [-0.39, 0.29) is 23.4 Å². The molecular weight excluding hydrogens is 265 g/mol. The highest BCUT2D eigenvalue weighted by Crippen LogP contribution is 2.29. The van der Waals surface area contributed by atoms with E-state index in [1.165, 1.54) is 36.4 Å². The molecule has 20 heavy (non-hydrogen) atoms. The minimum Gasteiger partial charge on any atom is -0.491 e. The van der Waals surface area contributed by atoms with E-state index in [9.17, 15) is 8.78 Å². The molecule has 6 heteroatoms. The van der Waals surface area contributed by atoms with Gasteiger partial charge >= 0.3 is 7.12 Å². The monoisotopic (exact) mass is 278 g/mol. The zero-order chi connectivity index (χ0) is 14.7. The summed E-state index contributed by atoms with van der Waals surface area (Å²) >= 11 is 0. The van der Waals surface area contributed by atoms with Crippen molar-refractivity contribution in [1.82, 2.24) is 0 Å². The van der Waals surface area contributed by atoms with E-state index in [2.05, 4.69) is 0 Å². The van der Waals surface area contributed by atoms with Gasteiger partial charge in [0.2, 0.25) is 5.82 Å². The fourth-order valence-electron chi connectivity index (χ4n) is 1.86. The van der Waals surface area contributed by atoms with Crippen molar-refractivity contribution in [3.05, 3.63) is 48.0 Å². The lowest BCUT2D eigenvalue weighted by Crippen LogP contribution is -2.29. The highest BCUT2D eigenvalue weighted by atomic mass is 19.2. The van der Waals surface area contributed by atoms with Crippen LogP contribution in [0.4, 0.5) is 8.78 Å². The maximum absolute atomic E-state index is 14.0. The third-order valence-electron chi connectivity index (χ3n) is 2.87. The molecule has 0 atom stereocenters. The first-order chi connectivity index (χ1) is 9.54. The van der Waals surface area contributed by atoms with Crippen molar-refractivity contribution < 1.29 is 23.6 Å². The second kappa shape index (κ2) is 6.03. The molecule has 0 spiro atoms. The molecule has 0 fully saturated rings. The molecule has 2 aromatic carbocycles. The van der Waals surface area contributed by atoms with Gasteiger partial charge in [0, 0.05) is 5.56 Å². The van der Waals surface area contributed by atoms with Gasteiger partial charge in [-0.3, -0.25) is 0 Å². The van der Waals surface area contributed by atoms with Crippen molar-refractivity contribution in [3.8, 4) is 16.9 Å². The van der Waals surface area contributed by atoms with Crippen molar-refractivity contribution in [2.24, 2.45) is 0 Å². The SMILES string of the molecule is CCOc1ccc(-c2ccc(B(O)O)cc2)c(F)c1F. The lowest BCUT2D eigenvalue weighted by molar-refractivity contribution is 0.314. The van der Waals surface area contributed by atoms with Gasteiger partial charge in [0.25, 0.3) is 0 Å². The van der Waals surface area contributed by atoms with Crippen LogP contribution in [0.5, 0.6) is 5.75 Å². The molecule has 0 aromatic heterocycles. The van der Waals surface area contributed by atoms with E-state index < -0.39 is 18.8 Å². The van der Waals surface area contributed by atoms with Crippen LogP contribution >= 0.6 is 0 Å². The van der Waals surface area contributed by atoms with Crippen LogP contribution in [0.15, 0.2) is 36.4 Å². The fourth-order valence-corrected chi connectivity index (χ4v) is 1.86. The van der Waals surface area contributed by atoms with Gasteiger partial charge in [-0.05, 0) is 30.1 Å². The van der Waals surface area contributed by atoms with Crippen LogP contribution in [0.1, 0.15) is 6.92 Å². The van der Waals surface area contributed by atoms with E-state index in [1.807, 2.05) is 0 Å². The maximum Gasteiger partial charge on any atom is 0.488 e. The Morgan fingerprint density at radius 2 is 1.65 bits per heavy atom. The Balaban J connectivity index is 2.40. The van der Waals surface area contributed by atoms with Crippen molar-refractivity contribution in [3.63, 3.8) is 0 Å². The van der Waals surface area contributed by atoms with E-state index in [1.54, 1.807) is 6.92 Å². The van der Waals surface area contributed by atoms with Gasteiger partial charge in [0.15, 0.2) is 11.6 Å². The van der Waals surface area contributed by atoms with Crippen LogP contribution < -0.4 is 10.2 Å². The first-order valence-corrected chi connectivity index (χ1v) is 6.11. The Bertz CT molecular complexity index is 600.